The van der Waals surface area contributed by atoms with E-state index in [1.54, 1.807) is 18.2 Å². The van der Waals surface area contributed by atoms with Crippen molar-refractivity contribution in [2.24, 2.45) is 0 Å². The Morgan fingerprint density at radius 2 is 2.17 bits per heavy atom. The van der Waals surface area contributed by atoms with Crippen molar-refractivity contribution < 1.29 is 19.4 Å². The Hall–Kier alpha value is -1.86. The number of carboxylic acids is 1. The predicted molar refractivity (Wildman–Crippen MR) is 70.5 cm³/mol. The van der Waals surface area contributed by atoms with Gasteiger partial charge < -0.3 is 14.6 Å². The van der Waals surface area contributed by atoms with Gasteiger partial charge in [0.15, 0.2) is 11.5 Å². The zero-order valence-electron chi connectivity index (χ0n) is 10.0. The fraction of sp³-hybridized carbons (Fsp3) is 0.308. The molecule has 0 fully saturated rings. The minimum Gasteiger partial charge on any atom is -0.493 e. The summed E-state index contributed by atoms with van der Waals surface area (Å²) in [5.74, 6) is 2.66. The van der Waals surface area contributed by atoms with Crippen LogP contribution in [-0.2, 0) is 11.2 Å². The van der Waals surface area contributed by atoms with Gasteiger partial charge in [-0.15, -0.1) is 18.8 Å². The third-order valence-corrected chi connectivity index (χ3v) is 2.17. The third-order valence-electron chi connectivity index (χ3n) is 2.17. The van der Waals surface area contributed by atoms with Crippen molar-refractivity contribution in [3.63, 3.8) is 0 Å². The van der Waals surface area contributed by atoms with Crippen LogP contribution in [0.1, 0.15) is 12.0 Å². The van der Waals surface area contributed by atoms with Crippen LogP contribution >= 0.6 is 12.4 Å². The molecule has 5 heteroatoms. The smallest absolute Gasteiger partial charge is 0.303 e. The Bertz CT molecular complexity index is 437. The molecule has 0 aliphatic heterocycles. The molecule has 0 radical (unpaired) electrons. The van der Waals surface area contributed by atoms with Gasteiger partial charge in [-0.05, 0) is 24.1 Å². The summed E-state index contributed by atoms with van der Waals surface area (Å²) in [6.45, 7) is 0.171. The number of halogens is 1. The molecule has 1 rings (SSSR count). The van der Waals surface area contributed by atoms with Gasteiger partial charge in [-0.3, -0.25) is 4.79 Å². The second-order valence-corrected chi connectivity index (χ2v) is 3.37. The van der Waals surface area contributed by atoms with Crippen molar-refractivity contribution in [1.82, 2.24) is 0 Å². The number of methoxy groups -OCH3 is 1. The number of aryl methyl sites for hydroxylation is 1. The number of carbonyl (C=O) groups is 1. The first-order valence-corrected chi connectivity index (χ1v) is 5.12. The van der Waals surface area contributed by atoms with Crippen LogP contribution in [-0.4, -0.2) is 24.8 Å². The summed E-state index contributed by atoms with van der Waals surface area (Å²) in [6.07, 6.45) is 5.65. The molecule has 4 nitrogen and oxygen atoms in total. The molecule has 1 N–H and O–H groups in total. The molecule has 1 aromatic carbocycles. The molecular formula is C13H15ClO4. The standard InChI is InChI=1S/C13H14O4.ClH/c1-3-8-17-11-6-4-10(5-7-13(14)15)9-12(11)16-2;/h1,4,6,9H,5,7-8H2,2H3,(H,14,15);1H. The van der Waals surface area contributed by atoms with Gasteiger partial charge in [0.25, 0.3) is 0 Å². The zero-order chi connectivity index (χ0) is 12.7. The van der Waals surface area contributed by atoms with Crippen LogP contribution in [0.2, 0.25) is 0 Å². The lowest BCUT2D eigenvalue weighted by atomic mass is 10.1. The fourth-order valence-corrected chi connectivity index (χ4v) is 1.36. The van der Waals surface area contributed by atoms with E-state index in [1.807, 2.05) is 0 Å². The quantitative estimate of drug-likeness (QED) is 0.805. The van der Waals surface area contributed by atoms with E-state index in [1.165, 1.54) is 7.11 Å². The number of carboxylic acid groups (broad SMARTS) is 1. The molecular weight excluding hydrogens is 256 g/mol. The molecule has 0 unspecified atom stereocenters. The average Bonchev–Trinajstić information content (AvgIpc) is 2.34. The first kappa shape index (κ1) is 16.1. The number of terminal acetylenes is 1. The molecule has 98 valence electrons. The Balaban J connectivity index is 0.00000289. The van der Waals surface area contributed by atoms with Crippen molar-refractivity contribution in [3.05, 3.63) is 23.8 Å². The highest BCUT2D eigenvalue weighted by Gasteiger charge is 2.06. The van der Waals surface area contributed by atoms with E-state index in [9.17, 15) is 4.79 Å². The minimum absolute atomic E-state index is 0. The molecule has 0 aromatic heterocycles. The van der Waals surface area contributed by atoms with E-state index < -0.39 is 5.97 Å². The molecule has 18 heavy (non-hydrogen) atoms. The molecule has 0 spiro atoms. The highest BCUT2D eigenvalue weighted by atomic mass is 35.5. The Morgan fingerprint density at radius 3 is 2.72 bits per heavy atom. The van der Waals surface area contributed by atoms with Gasteiger partial charge in [-0.2, -0.15) is 0 Å². The van der Waals surface area contributed by atoms with Gasteiger partial charge in [-0.1, -0.05) is 12.0 Å². The van der Waals surface area contributed by atoms with Gasteiger partial charge in [0.1, 0.15) is 6.61 Å². The van der Waals surface area contributed by atoms with E-state index in [-0.39, 0.29) is 25.4 Å². The van der Waals surface area contributed by atoms with Crippen LogP contribution in [0.3, 0.4) is 0 Å². The third kappa shape index (κ3) is 4.98. The number of hydrogen-bond donors (Lipinski definition) is 1. The van der Waals surface area contributed by atoms with Crippen molar-refractivity contribution in [2.75, 3.05) is 13.7 Å². The molecule has 0 saturated heterocycles. The van der Waals surface area contributed by atoms with Gasteiger partial charge in [0.2, 0.25) is 0 Å². The average molecular weight is 271 g/mol. The molecule has 0 aliphatic carbocycles. The second-order valence-electron chi connectivity index (χ2n) is 3.37. The van der Waals surface area contributed by atoms with E-state index >= 15 is 0 Å². The van der Waals surface area contributed by atoms with Gasteiger partial charge >= 0.3 is 5.97 Å². The second kappa shape index (κ2) is 8.26. The maximum Gasteiger partial charge on any atom is 0.303 e. The molecule has 1 aromatic rings. The summed E-state index contributed by atoms with van der Waals surface area (Å²) < 4.78 is 10.4. The van der Waals surface area contributed by atoms with Crippen molar-refractivity contribution in [1.29, 1.82) is 0 Å². The van der Waals surface area contributed by atoms with Crippen LogP contribution in [0.15, 0.2) is 18.2 Å². The van der Waals surface area contributed by atoms with E-state index in [0.29, 0.717) is 17.9 Å². The van der Waals surface area contributed by atoms with Crippen LogP contribution < -0.4 is 9.47 Å². The highest BCUT2D eigenvalue weighted by molar-refractivity contribution is 5.85. The number of aliphatic carboxylic acids is 1. The molecule has 0 saturated carbocycles. The van der Waals surface area contributed by atoms with Crippen molar-refractivity contribution in [2.45, 2.75) is 12.8 Å². The Labute approximate surface area is 112 Å². The summed E-state index contributed by atoms with van der Waals surface area (Å²) in [5, 5.41) is 8.59. The number of hydrogen-bond acceptors (Lipinski definition) is 3. The van der Waals surface area contributed by atoms with Crippen LogP contribution in [0.5, 0.6) is 11.5 Å². The summed E-state index contributed by atoms with van der Waals surface area (Å²) >= 11 is 0. The summed E-state index contributed by atoms with van der Waals surface area (Å²) in [7, 11) is 1.53. The summed E-state index contributed by atoms with van der Waals surface area (Å²) in [6, 6.07) is 5.29. The normalized spacial score (nSPS) is 8.89. The Morgan fingerprint density at radius 1 is 1.44 bits per heavy atom. The number of ether oxygens (including phenoxy) is 2. The van der Waals surface area contributed by atoms with Crippen LogP contribution in [0.25, 0.3) is 0 Å². The minimum atomic E-state index is -0.823. The molecule has 0 aliphatic rings. The van der Waals surface area contributed by atoms with E-state index in [4.69, 9.17) is 21.0 Å². The topological polar surface area (TPSA) is 55.8 Å². The lowest BCUT2D eigenvalue weighted by Gasteiger charge is -2.10. The van der Waals surface area contributed by atoms with E-state index in [2.05, 4.69) is 5.92 Å². The van der Waals surface area contributed by atoms with Crippen molar-refractivity contribution in [3.8, 4) is 23.8 Å². The van der Waals surface area contributed by atoms with Gasteiger partial charge in [0, 0.05) is 6.42 Å². The largest absolute Gasteiger partial charge is 0.493 e. The van der Waals surface area contributed by atoms with Gasteiger partial charge in [-0.25, -0.2) is 0 Å². The van der Waals surface area contributed by atoms with Gasteiger partial charge in [0.05, 0.1) is 7.11 Å². The monoisotopic (exact) mass is 270 g/mol. The maximum absolute atomic E-state index is 10.5. The zero-order valence-corrected chi connectivity index (χ0v) is 10.8. The van der Waals surface area contributed by atoms with Crippen molar-refractivity contribution >= 4 is 18.4 Å². The van der Waals surface area contributed by atoms with Crippen LogP contribution in [0.4, 0.5) is 0 Å². The fourth-order valence-electron chi connectivity index (χ4n) is 1.36. The number of benzene rings is 1. The first-order valence-electron chi connectivity index (χ1n) is 5.12. The Kier molecular flexibility index (Phi) is 7.41. The van der Waals surface area contributed by atoms with Crippen LogP contribution in [0, 0.1) is 12.3 Å². The maximum atomic E-state index is 10.5. The molecule has 0 bridgehead atoms. The summed E-state index contributed by atoms with van der Waals surface area (Å²) in [5.41, 5.74) is 0.886. The highest BCUT2D eigenvalue weighted by Crippen LogP contribution is 2.28. The predicted octanol–water partition coefficient (Wildman–Crippen LogP) is 2.15. The lowest BCUT2D eigenvalue weighted by Crippen LogP contribution is -2.00. The molecule has 0 atom stereocenters. The summed E-state index contributed by atoms with van der Waals surface area (Å²) in [4.78, 5) is 10.5. The van der Waals surface area contributed by atoms with E-state index in [0.717, 1.165) is 5.56 Å². The SMILES string of the molecule is C#CCOc1ccc(CCC(=O)O)cc1OC.Cl. The molecule has 0 amide bonds. The number of rotatable bonds is 6. The lowest BCUT2D eigenvalue weighted by molar-refractivity contribution is -0.136. The molecule has 0 heterocycles. The first-order chi connectivity index (χ1) is 8.17.